The summed E-state index contributed by atoms with van der Waals surface area (Å²) in [5, 5.41) is 2.69. The van der Waals surface area contributed by atoms with Crippen molar-refractivity contribution in [2.24, 2.45) is 5.73 Å². The van der Waals surface area contributed by atoms with Crippen molar-refractivity contribution < 1.29 is 13.3 Å². The van der Waals surface area contributed by atoms with Crippen LogP contribution in [-0.4, -0.2) is 47.9 Å². The predicted molar refractivity (Wildman–Crippen MR) is 67.1 cm³/mol. The molecule has 6 heteroatoms. The molecule has 0 aliphatic heterocycles. The molecular weight excluding hydrogens is 224 g/mol. The Morgan fingerprint density at radius 1 is 1.19 bits per heavy atom. The van der Waals surface area contributed by atoms with E-state index in [1.807, 2.05) is 20.8 Å². The molecule has 0 aliphatic rings. The third kappa shape index (κ3) is 2.64. The number of hydrogen-bond donors (Lipinski definition) is 2. The van der Waals surface area contributed by atoms with Crippen molar-refractivity contribution in [3.63, 3.8) is 0 Å². The van der Waals surface area contributed by atoms with Gasteiger partial charge >= 0.3 is 8.80 Å². The fourth-order valence-electron chi connectivity index (χ4n) is 2.10. The number of rotatable bonds is 8. The number of nitrogens with two attached hydrogens (primary N) is 1. The van der Waals surface area contributed by atoms with Gasteiger partial charge in [-0.05, 0) is 19.9 Å². The van der Waals surface area contributed by atoms with E-state index in [0.29, 0.717) is 0 Å². The first-order chi connectivity index (χ1) is 7.47. The largest absolute Gasteiger partial charge is 0.522 e. The molecule has 0 amide bonds. The predicted octanol–water partition coefficient (Wildman–Crippen LogP) is 0.509. The Hall–Kier alpha value is 0.0169. The first-order valence-electron chi connectivity index (χ1n) is 5.65. The second-order valence-electron chi connectivity index (χ2n) is 3.84. The molecule has 0 fully saturated rings. The standard InChI is InChI=1S/C10H26N2O3Si/c1-7-10(11,9(3)12-8-2)16(13-4,14-5)15-6/h9,12H,7-8,11H2,1-6H3. The van der Waals surface area contributed by atoms with E-state index >= 15 is 0 Å². The van der Waals surface area contributed by atoms with Crippen molar-refractivity contribution in [3.8, 4) is 0 Å². The Kier molecular flexibility index (Phi) is 6.69. The van der Waals surface area contributed by atoms with Crippen LogP contribution in [0.4, 0.5) is 0 Å². The molecule has 0 spiro atoms. The van der Waals surface area contributed by atoms with E-state index in [1.54, 1.807) is 21.3 Å². The Balaban J connectivity index is 5.16. The quantitative estimate of drug-likeness (QED) is 0.615. The molecule has 0 bridgehead atoms. The summed E-state index contributed by atoms with van der Waals surface area (Å²) in [4.78, 5) is 0. The monoisotopic (exact) mass is 250 g/mol. The molecule has 0 aromatic rings. The van der Waals surface area contributed by atoms with Crippen LogP contribution in [0.25, 0.3) is 0 Å². The summed E-state index contributed by atoms with van der Waals surface area (Å²) in [7, 11) is 1.92. The lowest BCUT2D eigenvalue weighted by molar-refractivity contribution is 0.0808. The van der Waals surface area contributed by atoms with Crippen LogP contribution in [0, 0.1) is 0 Å². The smallest absolute Gasteiger partial charge is 0.376 e. The van der Waals surface area contributed by atoms with E-state index in [9.17, 15) is 0 Å². The van der Waals surface area contributed by atoms with Gasteiger partial charge in [0.15, 0.2) is 0 Å². The molecule has 0 rings (SSSR count). The van der Waals surface area contributed by atoms with E-state index in [-0.39, 0.29) is 6.04 Å². The van der Waals surface area contributed by atoms with Crippen molar-refractivity contribution in [1.82, 2.24) is 5.32 Å². The van der Waals surface area contributed by atoms with Crippen LogP contribution in [0.1, 0.15) is 27.2 Å². The fraction of sp³-hybridized carbons (Fsp3) is 1.00. The molecule has 0 heterocycles. The molecule has 5 nitrogen and oxygen atoms in total. The van der Waals surface area contributed by atoms with Crippen LogP contribution in [0.15, 0.2) is 0 Å². The first kappa shape index (κ1) is 16.0. The number of likely N-dealkylation sites (N-methyl/N-ethyl adjacent to an activating group) is 1. The minimum atomic E-state index is -2.86. The zero-order valence-corrected chi connectivity index (χ0v) is 12.3. The highest BCUT2D eigenvalue weighted by Crippen LogP contribution is 2.27. The molecule has 2 unspecified atom stereocenters. The van der Waals surface area contributed by atoms with Gasteiger partial charge < -0.3 is 24.3 Å². The molecule has 0 aliphatic carbocycles. The Bertz CT molecular complexity index is 194. The van der Waals surface area contributed by atoms with E-state index < -0.39 is 14.0 Å². The van der Waals surface area contributed by atoms with Crippen LogP contribution in [0.2, 0.25) is 0 Å². The zero-order chi connectivity index (χ0) is 12.8. The maximum absolute atomic E-state index is 6.46. The van der Waals surface area contributed by atoms with Crippen LogP contribution in [0.5, 0.6) is 0 Å². The minimum Gasteiger partial charge on any atom is -0.376 e. The Morgan fingerprint density at radius 3 is 1.88 bits per heavy atom. The lowest BCUT2D eigenvalue weighted by Gasteiger charge is -2.44. The Labute approximate surface area is 100 Å². The van der Waals surface area contributed by atoms with E-state index in [2.05, 4.69) is 5.32 Å². The van der Waals surface area contributed by atoms with Crippen LogP contribution in [0.3, 0.4) is 0 Å². The third-order valence-corrected chi connectivity index (χ3v) is 6.78. The van der Waals surface area contributed by atoms with Crippen molar-refractivity contribution in [1.29, 1.82) is 0 Å². The van der Waals surface area contributed by atoms with Gasteiger partial charge in [0, 0.05) is 27.4 Å². The van der Waals surface area contributed by atoms with Gasteiger partial charge in [-0.1, -0.05) is 13.8 Å². The molecule has 3 N–H and O–H groups in total. The highest BCUT2D eigenvalue weighted by Gasteiger charge is 2.59. The highest BCUT2D eigenvalue weighted by atomic mass is 28.4. The summed E-state index contributed by atoms with van der Waals surface area (Å²) < 4.78 is 16.5. The normalized spacial score (nSPS) is 18.2. The average Bonchev–Trinajstić information content (AvgIpc) is 2.31. The third-order valence-electron chi connectivity index (χ3n) is 3.24. The Morgan fingerprint density at radius 2 is 1.62 bits per heavy atom. The van der Waals surface area contributed by atoms with Gasteiger partial charge in [-0.15, -0.1) is 0 Å². The van der Waals surface area contributed by atoms with Gasteiger partial charge in [0.2, 0.25) is 0 Å². The molecule has 2 atom stereocenters. The maximum Gasteiger partial charge on any atom is 0.522 e. The summed E-state index contributed by atoms with van der Waals surface area (Å²) >= 11 is 0. The van der Waals surface area contributed by atoms with E-state index in [1.165, 1.54) is 0 Å². The highest BCUT2D eigenvalue weighted by molar-refractivity contribution is 6.64. The van der Waals surface area contributed by atoms with Crippen molar-refractivity contribution in [3.05, 3.63) is 0 Å². The van der Waals surface area contributed by atoms with Crippen molar-refractivity contribution >= 4 is 8.80 Å². The van der Waals surface area contributed by atoms with Crippen LogP contribution >= 0.6 is 0 Å². The lowest BCUT2D eigenvalue weighted by Crippen LogP contribution is -2.75. The summed E-state index contributed by atoms with van der Waals surface area (Å²) in [5.74, 6) is 0. The van der Waals surface area contributed by atoms with Gasteiger partial charge in [0.1, 0.15) is 5.16 Å². The molecule has 0 radical (unpaired) electrons. The average molecular weight is 250 g/mol. The van der Waals surface area contributed by atoms with Crippen LogP contribution in [-0.2, 0) is 13.3 Å². The molecule has 98 valence electrons. The molecule has 0 aromatic heterocycles. The topological polar surface area (TPSA) is 65.7 Å². The van der Waals surface area contributed by atoms with Gasteiger partial charge in [-0.2, -0.15) is 0 Å². The zero-order valence-electron chi connectivity index (χ0n) is 11.3. The van der Waals surface area contributed by atoms with Gasteiger partial charge in [0.25, 0.3) is 0 Å². The maximum atomic E-state index is 6.46. The molecule has 16 heavy (non-hydrogen) atoms. The fourth-order valence-corrected chi connectivity index (χ4v) is 4.80. The lowest BCUT2D eigenvalue weighted by atomic mass is 10.1. The summed E-state index contributed by atoms with van der Waals surface area (Å²) in [5.41, 5.74) is 6.46. The molecule has 0 saturated heterocycles. The van der Waals surface area contributed by atoms with Gasteiger partial charge in [-0.25, -0.2) is 0 Å². The van der Waals surface area contributed by atoms with Gasteiger partial charge in [0.05, 0.1) is 0 Å². The van der Waals surface area contributed by atoms with Crippen molar-refractivity contribution in [2.75, 3.05) is 27.9 Å². The summed E-state index contributed by atoms with van der Waals surface area (Å²) in [6.45, 7) is 6.95. The van der Waals surface area contributed by atoms with E-state index in [0.717, 1.165) is 13.0 Å². The van der Waals surface area contributed by atoms with Crippen molar-refractivity contribution in [2.45, 2.75) is 38.4 Å². The van der Waals surface area contributed by atoms with Crippen LogP contribution < -0.4 is 11.1 Å². The summed E-state index contributed by atoms with van der Waals surface area (Å²) in [6, 6.07) is 0.0639. The number of hydrogen-bond acceptors (Lipinski definition) is 5. The second-order valence-corrected chi connectivity index (χ2v) is 7.11. The second kappa shape index (κ2) is 6.68. The molecule has 0 saturated carbocycles. The van der Waals surface area contributed by atoms with E-state index in [4.69, 9.17) is 19.0 Å². The summed E-state index contributed by atoms with van der Waals surface area (Å²) in [6.07, 6.45) is 0.725. The molecule has 0 aromatic carbocycles. The first-order valence-corrected chi connectivity index (χ1v) is 7.38. The number of nitrogens with one attached hydrogen (secondary N) is 1. The minimum absolute atomic E-state index is 0.0639. The molecular formula is C10H26N2O3Si. The SMILES string of the molecule is CCNC(C)C(N)(CC)[Si](OC)(OC)OC. The van der Waals surface area contributed by atoms with Gasteiger partial charge in [-0.3, -0.25) is 0 Å².